The number of nitrogens with zero attached hydrogens (tertiary/aromatic N) is 4. The number of hydrogen-bond donors (Lipinski definition) is 3. The molecule has 3 heterocycles. The van der Waals surface area contributed by atoms with Gasteiger partial charge in [-0.25, -0.2) is 9.37 Å². The minimum Gasteiger partial charge on any atom is -0.396 e. The SMILES string of the molecule is C[C@@H](CO)c1ccc(Nc2ncc(F)c(N3C[C@@H]4[C@H](C)[C@@]4(NC(=O)C4CC4)C3)n2)cn1. The van der Waals surface area contributed by atoms with Crippen LogP contribution in [-0.4, -0.2) is 51.2 Å². The second-order valence-corrected chi connectivity index (χ2v) is 9.13. The summed E-state index contributed by atoms with van der Waals surface area (Å²) in [7, 11) is 0. The summed E-state index contributed by atoms with van der Waals surface area (Å²) in [5, 5.41) is 15.6. The first-order valence-corrected chi connectivity index (χ1v) is 10.8. The zero-order valence-corrected chi connectivity index (χ0v) is 17.7. The van der Waals surface area contributed by atoms with Gasteiger partial charge in [0.1, 0.15) is 0 Å². The van der Waals surface area contributed by atoms with E-state index >= 15 is 0 Å². The second kappa shape index (κ2) is 7.40. The lowest BCUT2D eigenvalue weighted by atomic mass is 10.1. The molecule has 31 heavy (non-hydrogen) atoms. The van der Waals surface area contributed by atoms with Crippen LogP contribution >= 0.6 is 0 Å². The van der Waals surface area contributed by atoms with E-state index in [2.05, 4.69) is 32.5 Å². The predicted octanol–water partition coefficient (Wildman–Crippen LogP) is 2.20. The number of hydrogen-bond acceptors (Lipinski definition) is 7. The number of nitrogens with one attached hydrogen (secondary N) is 2. The molecule has 1 saturated heterocycles. The molecular weight excluding hydrogens is 399 g/mol. The van der Waals surface area contributed by atoms with Gasteiger partial charge < -0.3 is 20.6 Å². The standard InChI is InChI=1S/C22H27FN6O2/c1-12(10-30)18-6-5-15(7-24-18)26-21-25-8-17(23)19(27-21)29-9-16-13(2)22(16,11-29)28-20(31)14-3-4-14/h5-8,12-14,16,30H,3-4,9-11H2,1-2H3,(H,28,31)(H,25,26,27)/t12-,13-,16+,22-/m0/s1. The van der Waals surface area contributed by atoms with Crippen molar-refractivity contribution in [3.63, 3.8) is 0 Å². The molecule has 3 N–H and O–H groups in total. The molecule has 2 aliphatic carbocycles. The van der Waals surface area contributed by atoms with Gasteiger partial charge >= 0.3 is 0 Å². The van der Waals surface area contributed by atoms with Gasteiger partial charge in [0.25, 0.3) is 0 Å². The number of carbonyl (C=O) groups excluding carboxylic acids is 1. The van der Waals surface area contributed by atoms with Crippen LogP contribution in [-0.2, 0) is 4.79 Å². The van der Waals surface area contributed by atoms with Crippen molar-refractivity contribution in [3.8, 4) is 0 Å². The highest BCUT2D eigenvalue weighted by atomic mass is 19.1. The molecule has 0 spiro atoms. The van der Waals surface area contributed by atoms with Gasteiger partial charge in [0, 0.05) is 36.5 Å². The number of carbonyl (C=O) groups is 1. The van der Waals surface area contributed by atoms with E-state index in [1.807, 2.05) is 24.0 Å². The minimum atomic E-state index is -0.478. The molecule has 8 nitrogen and oxygen atoms in total. The van der Waals surface area contributed by atoms with Crippen LogP contribution in [0.4, 0.5) is 21.8 Å². The summed E-state index contributed by atoms with van der Waals surface area (Å²) in [6.07, 6.45) is 4.75. The minimum absolute atomic E-state index is 0.0300. The first kappa shape index (κ1) is 20.1. The number of amides is 1. The summed E-state index contributed by atoms with van der Waals surface area (Å²) < 4.78 is 14.6. The van der Waals surface area contributed by atoms with Gasteiger partial charge in [0.2, 0.25) is 11.9 Å². The molecule has 0 aromatic carbocycles. The predicted molar refractivity (Wildman–Crippen MR) is 113 cm³/mol. The molecule has 1 amide bonds. The fourth-order valence-corrected chi connectivity index (χ4v) is 4.64. The molecule has 2 aromatic heterocycles. The zero-order chi connectivity index (χ0) is 21.8. The van der Waals surface area contributed by atoms with E-state index in [9.17, 15) is 14.3 Å². The maximum atomic E-state index is 14.6. The van der Waals surface area contributed by atoms with Crippen LogP contribution in [0.25, 0.3) is 0 Å². The van der Waals surface area contributed by atoms with Crippen molar-refractivity contribution >= 4 is 23.4 Å². The molecule has 1 aliphatic heterocycles. The fourth-order valence-electron chi connectivity index (χ4n) is 4.64. The fraction of sp³-hybridized carbons (Fsp3) is 0.545. The average molecular weight is 426 g/mol. The van der Waals surface area contributed by atoms with Gasteiger partial charge in [-0.2, -0.15) is 4.98 Å². The number of aromatic nitrogens is 3. The summed E-state index contributed by atoms with van der Waals surface area (Å²) >= 11 is 0. The molecule has 5 rings (SSSR count). The van der Waals surface area contributed by atoms with Gasteiger partial charge in [0.15, 0.2) is 11.6 Å². The normalized spacial score (nSPS) is 27.5. The largest absolute Gasteiger partial charge is 0.396 e. The number of rotatable bonds is 7. The topological polar surface area (TPSA) is 103 Å². The van der Waals surface area contributed by atoms with Crippen molar-refractivity contribution in [1.82, 2.24) is 20.3 Å². The number of pyridine rings is 1. The van der Waals surface area contributed by atoms with E-state index in [0.717, 1.165) is 18.5 Å². The lowest BCUT2D eigenvalue weighted by Gasteiger charge is -2.25. The monoisotopic (exact) mass is 426 g/mol. The maximum absolute atomic E-state index is 14.6. The van der Waals surface area contributed by atoms with Crippen molar-refractivity contribution in [3.05, 3.63) is 36.0 Å². The third-order valence-electron chi connectivity index (χ3n) is 6.99. The van der Waals surface area contributed by atoms with Crippen LogP contribution in [0.1, 0.15) is 38.3 Å². The van der Waals surface area contributed by atoms with E-state index in [4.69, 9.17) is 0 Å². The summed E-state index contributed by atoms with van der Waals surface area (Å²) in [5.74, 6) is 0.997. The Morgan fingerprint density at radius 2 is 2.16 bits per heavy atom. The lowest BCUT2D eigenvalue weighted by Crippen LogP contribution is -2.45. The third kappa shape index (κ3) is 3.60. The Labute approximate surface area is 180 Å². The third-order valence-corrected chi connectivity index (χ3v) is 6.99. The quantitative estimate of drug-likeness (QED) is 0.624. The Kier molecular flexibility index (Phi) is 4.80. The first-order chi connectivity index (χ1) is 14.9. The highest BCUT2D eigenvalue weighted by Crippen LogP contribution is 2.56. The Hall–Kier alpha value is -2.81. The number of piperidine rings is 1. The van der Waals surface area contributed by atoms with E-state index in [-0.39, 0.29) is 41.7 Å². The van der Waals surface area contributed by atoms with Crippen LogP contribution in [0, 0.1) is 23.6 Å². The van der Waals surface area contributed by atoms with Crippen LogP contribution in [0.3, 0.4) is 0 Å². The molecule has 0 radical (unpaired) electrons. The van der Waals surface area contributed by atoms with Crippen molar-refractivity contribution in [2.75, 3.05) is 29.9 Å². The molecule has 2 aromatic rings. The van der Waals surface area contributed by atoms with Gasteiger partial charge in [-0.15, -0.1) is 0 Å². The van der Waals surface area contributed by atoms with Gasteiger partial charge in [-0.05, 0) is 30.9 Å². The van der Waals surface area contributed by atoms with Crippen molar-refractivity contribution in [2.45, 2.75) is 38.1 Å². The Morgan fingerprint density at radius 3 is 2.84 bits per heavy atom. The summed E-state index contributed by atoms with van der Waals surface area (Å²) in [5.41, 5.74) is 1.20. The van der Waals surface area contributed by atoms with Gasteiger partial charge in [-0.1, -0.05) is 13.8 Å². The Morgan fingerprint density at radius 1 is 1.35 bits per heavy atom. The average Bonchev–Trinajstić information content (AvgIpc) is 3.67. The molecular formula is C22H27FN6O2. The summed E-state index contributed by atoms with van der Waals surface area (Å²) in [4.78, 5) is 27.0. The molecule has 0 bridgehead atoms. The van der Waals surface area contributed by atoms with Crippen molar-refractivity contribution in [2.24, 2.45) is 17.8 Å². The van der Waals surface area contributed by atoms with E-state index < -0.39 is 5.82 Å². The highest BCUT2D eigenvalue weighted by Gasteiger charge is 2.68. The molecule has 3 fully saturated rings. The summed E-state index contributed by atoms with van der Waals surface area (Å²) in [6.45, 7) is 5.29. The Bertz CT molecular complexity index is 998. The van der Waals surface area contributed by atoms with Crippen molar-refractivity contribution < 1.29 is 14.3 Å². The lowest BCUT2D eigenvalue weighted by molar-refractivity contribution is -0.123. The van der Waals surface area contributed by atoms with Crippen LogP contribution in [0.5, 0.6) is 0 Å². The number of aliphatic hydroxyl groups excluding tert-OH is 1. The highest BCUT2D eigenvalue weighted by molar-refractivity contribution is 5.82. The number of halogens is 1. The number of aliphatic hydroxyl groups is 1. The molecule has 3 aliphatic rings. The number of fused-ring (bicyclic) bond motifs is 1. The summed E-state index contributed by atoms with van der Waals surface area (Å²) in [6, 6.07) is 3.66. The molecule has 164 valence electrons. The van der Waals surface area contributed by atoms with E-state index in [1.54, 1.807) is 6.20 Å². The van der Waals surface area contributed by atoms with Crippen LogP contribution in [0.2, 0.25) is 0 Å². The molecule has 4 atom stereocenters. The number of anilines is 3. The molecule has 2 saturated carbocycles. The molecule has 0 unspecified atom stereocenters. The Balaban J connectivity index is 1.30. The van der Waals surface area contributed by atoms with Crippen LogP contribution in [0.15, 0.2) is 24.5 Å². The van der Waals surface area contributed by atoms with E-state index in [0.29, 0.717) is 30.6 Å². The van der Waals surface area contributed by atoms with E-state index in [1.165, 1.54) is 6.20 Å². The van der Waals surface area contributed by atoms with Crippen LogP contribution < -0.4 is 15.5 Å². The van der Waals surface area contributed by atoms with Gasteiger partial charge in [0.05, 0.1) is 30.2 Å². The molecule has 9 heteroatoms. The first-order valence-electron chi connectivity index (χ1n) is 10.8. The smallest absolute Gasteiger partial charge is 0.229 e. The van der Waals surface area contributed by atoms with Gasteiger partial charge in [-0.3, -0.25) is 9.78 Å². The zero-order valence-electron chi connectivity index (χ0n) is 17.7. The van der Waals surface area contributed by atoms with Crippen molar-refractivity contribution in [1.29, 1.82) is 0 Å². The maximum Gasteiger partial charge on any atom is 0.229 e. The second-order valence-electron chi connectivity index (χ2n) is 9.13.